The molecule has 1 aliphatic rings. The van der Waals surface area contributed by atoms with Gasteiger partial charge in [-0.05, 0) is 14.0 Å². The van der Waals surface area contributed by atoms with Gasteiger partial charge in [-0.15, -0.1) is 0 Å². The quantitative estimate of drug-likeness (QED) is 0.772. The molecular formula is C10H15N3O2. The number of nitrogens with one attached hydrogen (secondary N) is 1. The molecule has 0 aromatic carbocycles. The van der Waals surface area contributed by atoms with E-state index in [2.05, 4.69) is 15.3 Å². The maximum Gasteiger partial charge on any atom is 0.317 e. The van der Waals surface area contributed by atoms with Gasteiger partial charge in [-0.2, -0.15) is 0 Å². The van der Waals surface area contributed by atoms with Crippen LogP contribution in [0.15, 0.2) is 6.20 Å². The first-order chi connectivity index (χ1) is 7.29. The van der Waals surface area contributed by atoms with Gasteiger partial charge < -0.3 is 14.8 Å². The molecular weight excluding hydrogens is 194 g/mol. The van der Waals surface area contributed by atoms with Crippen molar-refractivity contribution in [3.63, 3.8) is 0 Å². The van der Waals surface area contributed by atoms with Gasteiger partial charge in [-0.3, -0.25) is 0 Å². The molecule has 0 aliphatic carbocycles. The maximum atomic E-state index is 5.50. The summed E-state index contributed by atoms with van der Waals surface area (Å²) in [6, 6.07) is 0.445. The highest BCUT2D eigenvalue weighted by Crippen LogP contribution is 2.13. The van der Waals surface area contributed by atoms with Crippen LogP contribution in [-0.2, 0) is 11.3 Å². The summed E-state index contributed by atoms with van der Waals surface area (Å²) in [4.78, 5) is 8.44. The lowest BCUT2D eigenvalue weighted by Crippen LogP contribution is -2.39. The molecule has 2 rings (SSSR count). The number of hydrogen-bond acceptors (Lipinski definition) is 5. The Kier molecular flexibility index (Phi) is 3.13. The van der Waals surface area contributed by atoms with Gasteiger partial charge in [0, 0.05) is 24.0 Å². The SMILES string of the molecule is CNCc1cnc(OC2COC2)nc1C. The van der Waals surface area contributed by atoms with E-state index in [1.165, 1.54) is 0 Å². The van der Waals surface area contributed by atoms with Gasteiger partial charge in [0.05, 0.1) is 13.2 Å². The van der Waals surface area contributed by atoms with E-state index >= 15 is 0 Å². The van der Waals surface area contributed by atoms with Gasteiger partial charge >= 0.3 is 6.01 Å². The second kappa shape index (κ2) is 4.55. The van der Waals surface area contributed by atoms with E-state index in [0.29, 0.717) is 19.2 Å². The Morgan fingerprint density at radius 1 is 1.60 bits per heavy atom. The van der Waals surface area contributed by atoms with Crippen LogP contribution in [0.3, 0.4) is 0 Å². The highest BCUT2D eigenvalue weighted by atomic mass is 16.6. The van der Waals surface area contributed by atoms with Crippen LogP contribution >= 0.6 is 0 Å². The van der Waals surface area contributed by atoms with Crippen molar-refractivity contribution < 1.29 is 9.47 Å². The second-order valence-electron chi connectivity index (χ2n) is 3.57. The molecule has 82 valence electrons. The van der Waals surface area contributed by atoms with Crippen molar-refractivity contribution >= 4 is 0 Å². The summed E-state index contributed by atoms with van der Waals surface area (Å²) in [6.45, 7) is 4.01. The molecule has 5 heteroatoms. The zero-order chi connectivity index (χ0) is 10.7. The fraction of sp³-hybridized carbons (Fsp3) is 0.600. The summed E-state index contributed by atoms with van der Waals surface area (Å²) in [6.07, 6.45) is 1.92. The van der Waals surface area contributed by atoms with E-state index in [1.54, 1.807) is 6.20 Å². The van der Waals surface area contributed by atoms with Crippen molar-refractivity contribution in [1.82, 2.24) is 15.3 Å². The summed E-state index contributed by atoms with van der Waals surface area (Å²) in [5.41, 5.74) is 2.05. The van der Waals surface area contributed by atoms with E-state index in [9.17, 15) is 0 Å². The molecule has 0 bridgehead atoms. The van der Waals surface area contributed by atoms with E-state index < -0.39 is 0 Å². The topological polar surface area (TPSA) is 56.3 Å². The molecule has 0 saturated carbocycles. The van der Waals surface area contributed by atoms with Crippen LogP contribution in [0.2, 0.25) is 0 Å². The Morgan fingerprint density at radius 2 is 2.40 bits per heavy atom. The first-order valence-electron chi connectivity index (χ1n) is 5.01. The summed E-state index contributed by atoms with van der Waals surface area (Å²) in [5.74, 6) is 0. The van der Waals surface area contributed by atoms with Gasteiger partial charge in [0.2, 0.25) is 0 Å². The molecule has 0 radical (unpaired) electrons. The van der Waals surface area contributed by atoms with Gasteiger partial charge in [0.25, 0.3) is 0 Å². The monoisotopic (exact) mass is 209 g/mol. The normalized spacial score (nSPS) is 16.1. The molecule has 5 nitrogen and oxygen atoms in total. The van der Waals surface area contributed by atoms with Gasteiger partial charge in [0.15, 0.2) is 0 Å². The van der Waals surface area contributed by atoms with E-state index in [1.807, 2.05) is 14.0 Å². The van der Waals surface area contributed by atoms with Crippen LogP contribution < -0.4 is 10.1 Å². The zero-order valence-electron chi connectivity index (χ0n) is 8.99. The summed E-state index contributed by atoms with van der Waals surface area (Å²) < 4.78 is 10.5. The van der Waals surface area contributed by atoms with Gasteiger partial charge in [-0.25, -0.2) is 9.97 Å². The lowest BCUT2D eigenvalue weighted by molar-refractivity contribution is -0.0832. The molecule has 1 saturated heterocycles. The Bertz CT molecular complexity index is 339. The summed E-state index contributed by atoms with van der Waals surface area (Å²) in [5, 5.41) is 3.07. The molecule has 1 N–H and O–H groups in total. The third kappa shape index (κ3) is 2.43. The van der Waals surface area contributed by atoms with Crippen LogP contribution in [0.1, 0.15) is 11.3 Å². The molecule has 0 amide bonds. The predicted octanol–water partition coefficient (Wildman–Crippen LogP) is 0.282. The molecule has 1 aromatic heterocycles. The fourth-order valence-electron chi connectivity index (χ4n) is 1.32. The lowest BCUT2D eigenvalue weighted by atomic mass is 10.2. The standard InChI is InChI=1S/C10H15N3O2/c1-7-8(3-11-2)4-12-10(13-7)15-9-5-14-6-9/h4,9,11H,3,5-6H2,1-2H3. The second-order valence-corrected chi connectivity index (χ2v) is 3.57. The Hall–Kier alpha value is -1.20. The first-order valence-corrected chi connectivity index (χ1v) is 5.01. The van der Waals surface area contributed by atoms with E-state index in [4.69, 9.17) is 9.47 Å². The summed E-state index contributed by atoms with van der Waals surface area (Å²) in [7, 11) is 1.90. The number of aryl methyl sites for hydroxylation is 1. The first kappa shape index (κ1) is 10.3. The van der Waals surface area contributed by atoms with Crippen LogP contribution in [0.5, 0.6) is 6.01 Å². The Balaban J connectivity index is 2.03. The van der Waals surface area contributed by atoms with Crippen LogP contribution in [0, 0.1) is 6.92 Å². The van der Waals surface area contributed by atoms with Crippen molar-refractivity contribution in [2.24, 2.45) is 0 Å². The van der Waals surface area contributed by atoms with E-state index in [-0.39, 0.29) is 6.10 Å². The molecule has 1 aromatic rings. The molecule has 15 heavy (non-hydrogen) atoms. The van der Waals surface area contributed by atoms with Crippen LogP contribution in [0.4, 0.5) is 0 Å². The molecule has 2 heterocycles. The molecule has 0 spiro atoms. The van der Waals surface area contributed by atoms with E-state index in [0.717, 1.165) is 17.8 Å². The molecule has 0 atom stereocenters. The number of ether oxygens (including phenoxy) is 2. The molecule has 1 fully saturated rings. The number of nitrogens with zero attached hydrogens (tertiary/aromatic N) is 2. The minimum Gasteiger partial charge on any atom is -0.455 e. The minimum absolute atomic E-state index is 0.125. The number of rotatable bonds is 4. The van der Waals surface area contributed by atoms with Crippen molar-refractivity contribution in [2.45, 2.75) is 19.6 Å². The minimum atomic E-state index is 0.125. The number of aromatic nitrogens is 2. The lowest BCUT2D eigenvalue weighted by Gasteiger charge is -2.25. The zero-order valence-corrected chi connectivity index (χ0v) is 8.99. The average molecular weight is 209 g/mol. The van der Waals surface area contributed by atoms with Gasteiger partial charge in [0.1, 0.15) is 6.10 Å². The summed E-state index contributed by atoms with van der Waals surface area (Å²) >= 11 is 0. The Morgan fingerprint density at radius 3 is 2.93 bits per heavy atom. The highest BCUT2D eigenvalue weighted by molar-refractivity contribution is 5.17. The van der Waals surface area contributed by atoms with Crippen LogP contribution in [0.25, 0.3) is 0 Å². The van der Waals surface area contributed by atoms with Crippen molar-refractivity contribution in [3.05, 3.63) is 17.5 Å². The molecule has 0 unspecified atom stereocenters. The Labute approximate surface area is 88.8 Å². The third-order valence-corrected chi connectivity index (χ3v) is 2.31. The maximum absolute atomic E-state index is 5.50. The third-order valence-electron chi connectivity index (χ3n) is 2.31. The van der Waals surface area contributed by atoms with Crippen molar-refractivity contribution in [3.8, 4) is 6.01 Å². The highest BCUT2D eigenvalue weighted by Gasteiger charge is 2.21. The predicted molar refractivity (Wildman–Crippen MR) is 54.8 cm³/mol. The fourth-order valence-corrected chi connectivity index (χ4v) is 1.32. The van der Waals surface area contributed by atoms with Crippen molar-refractivity contribution in [1.29, 1.82) is 0 Å². The number of hydrogen-bond donors (Lipinski definition) is 1. The average Bonchev–Trinajstić information content (AvgIpc) is 2.16. The smallest absolute Gasteiger partial charge is 0.317 e. The van der Waals surface area contributed by atoms with Crippen LogP contribution in [-0.4, -0.2) is 36.3 Å². The largest absolute Gasteiger partial charge is 0.455 e. The molecule has 1 aliphatic heterocycles. The van der Waals surface area contributed by atoms with Crippen molar-refractivity contribution in [2.75, 3.05) is 20.3 Å². The van der Waals surface area contributed by atoms with Gasteiger partial charge in [-0.1, -0.05) is 0 Å².